The van der Waals surface area contributed by atoms with Crippen LogP contribution in [-0.2, 0) is 0 Å². The number of nitrogens with zero attached hydrogens (tertiary/aromatic N) is 2. The van der Waals surface area contributed by atoms with E-state index in [2.05, 4.69) is 16.7 Å². The quantitative estimate of drug-likeness (QED) is 0.438. The summed E-state index contributed by atoms with van der Waals surface area (Å²) in [4.78, 5) is 7.08. The van der Waals surface area contributed by atoms with E-state index in [9.17, 15) is 0 Å². The molecule has 0 spiro atoms. The van der Waals surface area contributed by atoms with E-state index < -0.39 is 0 Å². The molecule has 0 bridgehead atoms. The van der Waals surface area contributed by atoms with E-state index in [4.69, 9.17) is 5.11 Å². The Balaban J connectivity index is 4.19. The molecule has 0 saturated heterocycles. The minimum atomic E-state index is 0.0625. The van der Waals surface area contributed by atoms with Crippen LogP contribution in [0.4, 0.5) is 0 Å². The summed E-state index contributed by atoms with van der Waals surface area (Å²) in [5.41, 5.74) is 0.558. The summed E-state index contributed by atoms with van der Waals surface area (Å²) in [6.07, 6.45) is 1.25. The topological polar surface area (TPSA) is 45.0 Å². The van der Waals surface area contributed by atoms with Crippen molar-refractivity contribution in [2.45, 2.75) is 6.92 Å². The van der Waals surface area contributed by atoms with Crippen LogP contribution in [0.25, 0.3) is 0 Å². The van der Waals surface area contributed by atoms with Gasteiger partial charge in [0, 0.05) is 7.05 Å². The van der Waals surface area contributed by atoms with Gasteiger partial charge in [-0.3, -0.25) is 9.98 Å². The molecule has 0 aromatic carbocycles. The third kappa shape index (κ3) is 2.64. The van der Waals surface area contributed by atoms with E-state index in [1.807, 2.05) is 0 Å². The predicted octanol–water partition coefficient (Wildman–Crippen LogP) is 1.18. The molecule has 50 valence electrons. The minimum Gasteiger partial charge on any atom is -0.505 e. The van der Waals surface area contributed by atoms with E-state index >= 15 is 0 Å². The molecule has 3 heteroatoms. The SMILES string of the molecule is C=N/C=C(O)\C(C)=N/C. The van der Waals surface area contributed by atoms with Gasteiger partial charge in [-0.15, -0.1) is 0 Å². The highest BCUT2D eigenvalue weighted by atomic mass is 16.3. The fourth-order valence-corrected chi connectivity index (χ4v) is 0.294. The maximum atomic E-state index is 8.91. The zero-order chi connectivity index (χ0) is 7.28. The molecule has 3 nitrogen and oxygen atoms in total. The lowest BCUT2D eigenvalue weighted by atomic mass is 10.4. The zero-order valence-electron chi connectivity index (χ0n) is 5.63. The molecule has 0 aliphatic rings. The molecule has 0 rings (SSSR count). The number of aliphatic hydroxyl groups excluding tert-OH is 1. The van der Waals surface area contributed by atoms with Crippen molar-refractivity contribution in [3.8, 4) is 0 Å². The smallest absolute Gasteiger partial charge is 0.154 e. The van der Waals surface area contributed by atoms with Gasteiger partial charge in [0.25, 0.3) is 0 Å². The molecule has 0 saturated carbocycles. The summed E-state index contributed by atoms with van der Waals surface area (Å²) in [6, 6.07) is 0. The van der Waals surface area contributed by atoms with Crippen LogP contribution in [0.3, 0.4) is 0 Å². The van der Waals surface area contributed by atoms with Crippen LogP contribution in [0.5, 0.6) is 0 Å². The van der Waals surface area contributed by atoms with Crippen LogP contribution in [0, 0.1) is 0 Å². The number of hydrogen-bond donors (Lipinski definition) is 1. The molecule has 0 aliphatic carbocycles. The molecule has 0 aliphatic heterocycles. The van der Waals surface area contributed by atoms with Gasteiger partial charge in [-0.05, 0) is 13.6 Å². The second-order valence-electron chi connectivity index (χ2n) is 1.51. The Morgan fingerprint density at radius 1 is 1.67 bits per heavy atom. The number of hydrogen-bond acceptors (Lipinski definition) is 3. The van der Waals surface area contributed by atoms with Crippen molar-refractivity contribution in [3.63, 3.8) is 0 Å². The molecule has 9 heavy (non-hydrogen) atoms. The monoisotopic (exact) mass is 126 g/mol. The normalized spacial score (nSPS) is 13.6. The van der Waals surface area contributed by atoms with Crippen molar-refractivity contribution in [2.75, 3.05) is 7.05 Å². The number of rotatable bonds is 2. The highest BCUT2D eigenvalue weighted by Crippen LogP contribution is 1.91. The van der Waals surface area contributed by atoms with Crippen molar-refractivity contribution in [3.05, 3.63) is 12.0 Å². The van der Waals surface area contributed by atoms with E-state index in [1.54, 1.807) is 14.0 Å². The van der Waals surface area contributed by atoms with Gasteiger partial charge in [-0.2, -0.15) is 0 Å². The Hall–Kier alpha value is -1.12. The highest BCUT2D eigenvalue weighted by Gasteiger charge is 1.92. The molecule has 0 fully saturated rings. The van der Waals surface area contributed by atoms with Gasteiger partial charge in [0.15, 0.2) is 5.76 Å². The van der Waals surface area contributed by atoms with Gasteiger partial charge in [-0.1, -0.05) is 0 Å². The second-order valence-corrected chi connectivity index (χ2v) is 1.51. The van der Waals surface area contributed by atoms with Crippen molar-refractivity contribution in [1.82, 2.24) is 0 Å². The van der Waals surface area contributed by atoms with E-state index in [-0.39, 0.29) is 5.76 Å². The Kier molecular flexibility index (Phi) is 3.35. The summed E-state index contributed by atoms with van der Waals surface area (Å²) >= 11 is 0. The molecule has 0 aromatic heterocycles. The lowest BCUT2D eigenvalue weighted by Crippen LogP contribution is -1.94. The first-order valence-corrected chi connectivity index (χ1v) is 2.51. The molecule has 0 unspecified atom stereocenters. The van der Waals surface area contributed by atoms with Crippen molar-refractivity contribution in [2.24, 2.45) is 9.98 Å². The van der Waals surface area contributed by atoms with Gasteiger partial charge in [0.1, 0.15) is 0 Å². The van der Waals surface area contributed by atoms with Gasteiger partial charge in [0.05, 0.1) is 11.9 Å². The molecule has 0 atom stereocenters. The van der Waals surface area contributed by atoms with Crippen LogP contribution >= 0.6 is 0 Å². The van der Waals surface area contributed by atoms with Crippen LogP contribution in [0.1, 0.15) is 6.92 Å². The molecule has 0 radical (unpaired) electrons. The average molecular weight is 126 g/mol. The lowest BCUT2D eigenvalue weighted by Gasteiger charge is -1.92. The summed E-state index contributed by atoms with van der Waals surface area (Å²) in [6.45, 7) is 4.87. The fraction of sp³-hybridized carbons (Fsp3) is 0.333. The van der Waals surface area contributed by atoms with Crippen molar-refractivity contribution < 1.29 is 5.11 Å². The van der Waals surface area contributed by atoms with E-state index in [0.29, 0.717) is 5.71 Å². The molecular weight excluding hydrogens is 116 g/mol. The van der Waals surface area contributed by atoms with Crippen LogP contribution in [0.2, 0.25) is 0 Å². The highest BCUT2D eigenvalue weighted by molar-refractivity contribution is 5.95. The number of allylic oxidation sites excluding steroid dienone is 1. The summed E-state index contributed by atoms with van der Waals surface area (Å²) < 4.78 is 0. The molecule has 0 amide bonds. The third-order valence-electron chi connectivity index (χ3n) is 0.920. The van der Waals surface area contributed by atoms with Gasteiger partial charge < -0.3 is 5.11 Å². The molecule has 0 aromatic rings. The third-order valence-corrected chi connectivity index (χ3v) is 0.920. The maximum absolute atomic E-state index is 8.91. The number of aliphatic hydroxyl groups is 1. The van der Waals surface area contributed by atoms with Crippen LogP contribution in [-0.4, -0.2) is 24.6 Å². The van der Waals surface area contributed by atoms with Gasteiger partial charge >= 0.3 is 0 Å². The predicted molar refractivity (Wildman–Crippen MR) is 39.3 cm³/mol. The van der Waals surface area contributed by atoms with E-state index in [1.165, 1.54) is 6.20 Å². The Morgan fingerprint density at radius 2 is 2.22 bits per heavy atom. The zero-order valence-corrected chi connectivity index (χ0v) is 5.63. The fourth-order valence-electron chi connectivity index (χ4n) is 0.294. The first-order valence-electron chi connectivity index (χ1n) is 2.51. The van der Waals surface area contributed by atoms with Crippen molar-refractivity contribution >= 4 is 12.4 Å². The summed E-state index contributed by atoms with van der Waals surface area (Å²) in [5, 5.41) is 8.91. The summed E-state index contributed by atoms with van der Waals surface area (Å²) in [7, 11) is 1.60. The second kappa shape index (κ2) is 3.83. The van der Waals surface area contributed by atoms with Crippen molar-refractivity contribution in [1.29, 1.82) is 0 Å². The summed E-state index contributed by atoms with van der Waals surface area (Å²) in [5.74, 6) is 0.0625. The van der Waals surface area contributed by atoms with Gasteiger partial charge in [-0.25, -0.2) is 0 Å². The first-order chi connectivity index (χ1) is 4.22. The Morgan fingerprint density at radius 3 is 2.56 bits per heavy atom. The van der Waals surface area contributed by atoms with E-state index in [0.717, 1.165) is 0 Å². The van der Waals surface area contributed by atoms with Crippen LogP contribution < -0.4 is 0 Å². The first kappa shape index (κ1) is 7.88. The Labute approximate surface area is 54.5 Å². The number of aliphatic imine (C=N–C) groups is 2. The largest absolute Gasteiger partial charge is 0.505 e. The molecule has 1 N–H and O–H groups in total. The standard InChI is InChI=1S/C6H10N2O/c1-5(8-3)6(9)4-7-2/h4,9H,2H2,1,3H3/b6-4+,8-5-. The lowest BCUT2D eigenvalue weighted by molar-refractivity contribution is 0.441. The average Bonchev–Trinajstić information content (AvgIpc) is 1.87. The molecular formula is C6H10N2O. The minimum absolute atomic E-state index is 0.0625. The maximum Gasteiger partial charge on any atom is 0.154 e. The molecule has 0 heterocycles. The van der Waals surface area contributed by atoms with Gasteiger partial charge in [0.2, 0.25) is 0 Å². The Bertz CT molecular complexity index is 158. The van der Waals surface area contributed by atoms with Crippen LogP contribution in [0.15, 0.2) is 21.9 Å².